The van der Waals surface area contributed by atoms with Crippen LogP contribution in [0.15, 0.2) is 35.3 Å². The van der Waals surface area contributed by atoms with E-state index < -0.39 is 52.0 Å². The number of piperidine rings is 2. The number of quaternary nitrogens is 1. The van der Waals surface area contributed by atoms with Crippen LogP contribution in [0.1, 0.15) is 54.2 Å². The van der Waals surface area contributed by atoms with Gasteiger partial charge in [0, 0.05) is 57.1 Å². The van der Waals surface area contributed by atoms with Gasteiger partial charge in [0.1, 0.15) is 35.6 Å². The number of hydrogen-bond donors (Lipinski definition) is 1. The largest absolute Gasteiger partial charge is 0.497 e. The number of aromatic nitrogens is 2. The highest BCUT2D eigenvalue weighted by Crippen LogP contribution is 2.35. The minimum Gasteiger partial charge on any atom is -0.466 e. The molecule has 1 N–H and O–H groups in total. The van der Waals surface area contributed by atoms with Crippen molar-refractivity contribution < 1.29 is 46.2 Å². The van der Waals surface area contributed by atoms with Gasteiger partial charge >= 0.3 is 18.1 Å². The summed E-state index contributed by atoms with van der Waals surface area (Å²) in [5, 5.41) is 0.309. The van der Waals surface area contributed by atoms with Gasteiger partial charge in [-0.1, -0.05) is 29.3 Å². The van der Waals surface area contributed by atoms with Crippen LogP contribution in [0.3, 0.4) is 0 Å². The van der Waals surface area contributed by atoms with Gasteiger partial charge in [-0.2, -0.15) is 13.2 Å². The minimum atomic E-state index is -5.21. The predicted molar refractivity (Wildman–Crippen MR) is 158 cm³/mol. The third-order valence-corrected chi connectivity index (χ3v) is 9.44. The van der Waals surface area contributed by atoms with Gasteiger partial charge in [0.05, 0.1) is 23.1 Å². The SMILES string of the molecule is CCOC(=O)C1CC[N+](OC(=O)C(F)(F)F)(C2CCN(C(=O)c3cc(Cc4c[nH]c(=O)c5cc(Cl)c(Cl)n45)ccc3F)CC2)CC1. The number of alkyl halides is 3. The maximum Gasteiger partial charge on any atom is 0.497 e. The Bertz CT molecular complexity index is 1710. The number of halogens is 6. The zero-order valence-corrected chi connectivity index (χ0v) is 26.2. The van der Waals surface area contributed by atoms with E-state index in [2.05, 4.69) is 4.98 Å². The second kappa shape index (κ2) is 13.2. The summed E-state index contributed by atoms with van der Waals surface area (Å²) in [7, 11) is 0. The highest BCUT2D eigenvalue weighted by molar-refractivity contribution is 6.42. The van der Waals surface area contributed by atoms with Crippen LogP contribution in [0.2, 0.25) is 10.2 Å². The molecule has 248 valence electrons. The lowest BCUT2D eigenvalue weighted by molar-refractivity contribution is -1.11. The first-order valence-corrected chi connectivity index (χ1v) is 15.5. The Kier molecular flexibility index (Phi) is 9.71. The maximum absolute atomic E-state index is 15.0. The van der Waals surface area contributed by atoms with Crippen molar-refractivity contribution in [3.05, 3.63) is 73.6 Å². The summed E-state index contributed by atoms with van der Waals surface area (Å²) in [6, 6.07) is 4.91. The number of carbonyl (C=O) groups is 3. The molecule has 46 heavy (non-hydrogen) atoms. The van der Waals surface area contributed by atoms with Crippen LogP contribution in [0.4, 0.5) is 17.6 Å². The van der Waals surface area contributed by atoms with E-state index in [1.165, 1.54) is 33.7 Å². The first-order valence-electron chi connectivity index (χ1n) is 14.7. The molecule has 0 unspecified atom stereocenters. The molecule has 0 radical (unpaired) electrons. The first kappa shape index (κ1) is 33.7. The van der Waals surface area contributed by atoms with Gasteiger partial charge in [-0.15, -0.1) is 4.65 Å². The smallest absolute Gasteiger partial charge is 0.466 e. The molecule has 3 aromatic rings. The van der Waals surface area contributed by atoms with Gasteiger partial charge < -0.3 is 14.6 Å². The Balaban J connectivity index is 1.31. The molecule has 10 nitrogen and oxygen atoms in total. The Morgan fingerprint density at radius 1 is 1.07 bits per heavy atom. The van der Waals surface area contributed by atoms with Crippen LogP contribution < -0.4 is 5.56 Å². The number of nitrogens with one attached hydrogen (secondary N) is 1. The van der Waals surface area contributed by atoms with Gasteiger partial charge in [0.15, 0.2) is 0 Å². The molecule has 0 bridgehead atoms. The summed E-state index contributed by atoms with van der Waals surface area (Å²) >= 11 is 12.4. The highest BCUT2D eigenvalue weighted by Gasteiger charge is 2.53. The van der Waals surface area contributed by atoms with Crippen LogP contribution in [0.25, 0.3) is 5.52 Å². The third kappa shape index (κ3) is 6.74. The van der Waals surface area contributed by atoms with Crippen molar-refractivity contribution in [1.29, 1.82) is 0 Å². The average molecular weight is 690 g/mol. The summed E-state index contributed by atoms with van der Waals surface area (Å²) in [5.74, 6) is -4.65. The van der Waals surface area contributed by atoms with E-state index in [-0.39, 0.29) is 86.1 Å². The monoisotopic (exact) mass is 689 g/mol. The molecule has 1 amide bonds. The molecule has 0 saturated carbocycles. The molecule has 2 fully saturated rings. The summed E-state index contributed by atoms with van der Waals surface area (Å²) in [5.41, 5.74) is 0.695. The molecule has 2 aliphatic rings. The van der Waals surface area contributed by atoms with Crippen LogP contribution in [-0.2, 0) is 25.6 Å². The molecule has 1 aromatic carbocycles. The lowest BCUT2D eigenvalue weighted by Gasteiger charge is -2.46. The average Bonchev–Trinajstić information content (AvgIpc) is 3.33. The molecule has 16 heteroatoms. The van der Waals surface area contributed by atoms with Crippen molar-refractivity contribution in [3.8, 4) is 0 Å². The molecular formula is C30H31Cl2F4N4O6+. The van der Waals surface area contributed by atoms with Gasteiger partial charge in [0.25, 0.3) is 11.5 Å². The predicted octanol–water partition coefficient (Wildman–Crippen LogP) is 5.08. The van der Waals surface area contributed by atoms with E-state index in [9.17, 15) is 36.7 Å². The van der Waals surface area contributed by atoms with E-state index in [0.717, 1.165) is 6.07 Å². The zero-order chi connectivity index (χ0) is 33.4. The fourth-order valence-electron chi connectivity index (χ4n) is 6.34. The van der Waals surface area contributed by atoms with Gasteiger partial charge in [-0.25, -0.2) is 9.18 Å². The third-order valence-electron chi connectivity index (χ3n) is 8.68. The molecule has 5 rings (SSSR count). The van der Waals surface area contributed by atoms with E-state index in [1.807, 2.05) is 0 Å². The Labute approximate surface area is 270 Å². The standard InChI is InChI=1S/C30H30Cl2F4N4O6/c1-2-45-28(43)18-7-11-40(12-8-18,46-29(44)30(34,35)36)20-5-9-38(10-6-20)27(42)21-14-17(3-4-23(21)33)13-19-16-37-26(41)24-15-22(31)25(32)39(19)24/h3-4,14-16,18,20H,2,5-13H2,1H3/p+1. The van der Waals surface area contributed by atoms with E-state index >= 15 is 0 Å². The van der Waals surface area contributed by atoms with Gasteiger partial charge in [-0.3, -0.25) is 23.6 Å². The van der Waals surface area contributed by atoms with Crippen molar-refractivity contribution in [3.63, 3.8) is 0 Å². The number of hydrogen-bond acceptors (Lipinski definition) is 6. The fraction of sp³-hybridized carbons (Fsp3) is 0.467. The number of esters is 1. The van der Waals surface area contributed by atoms with Crippen molar-refractivity contribution in [2.24, 2.45) is 5.92 Å². The number of carbonyl (C=O) groups excluding carboxylic acids is 3. The van der Waals surface area contributed by atoms with Crippen molar-refractivity contribution in [2.45, 2.75) is 51.2 Å². The summed E-state index contributed by atoms with van der Waals surface area (Å²) in [6.45, 7) is 1.95. The second-order valence-electron chi connectivity index (χ2n) is 11.4. The molecule has 2 saturated heterocycles. The molecule has 4 heterocycles. The van der Waals surface area contributed by atoms with E-state index in [0.29, 0.717) is 11.3 Å². The molecule has 2 aliphatic heterocycles. The van der Waals surface area contributed by atoms with Crippen molar-refractivity contribution in [2.75, 3.05) is 32.8 Å². The summed E-state index contributed by atoms with van der Waals surface area (Å²) in [6.07, 6.45) is -2.88. The molecule has 0 aliphatic carbocycles. The summed E-state index contributed by atoms with van der Waals surface area (Å²) in [4.78, 5) is 59.1. The minimum absolute atomic E-state index is 0.0186. The lowest BCUT2D eigenvalue weighted by Crippen LogP contribution is -2.63. The summed E-state index contributed by atoms with van der Waals surface area (Å²) < 4.78 is 60.6. The quantitative estimate of drug-likeness (QED) is 0.211. The topological polar surface area (TPSA) is 110 Å². The highest BCUT2D eigenvalue weighted by atomic mass is 35.5. The fourth-order valence-corrected chi connectivity index (χ4v) is 6.78. The first-order chi connectivity index (χ1) is 21.7. The van der Waals surface area contributed by atoms with E-state index in [1.54, 1.807) is 6.92 Å². The van der Waals surface area contributed by atoms with Gasteiger partial charge in [-0.05, 0) is 30.7 Å². The van der Waals surface area contributed by atoms with Crippen molar-refractivity contribution >= 4 is 46.6 Å². The number of aromatic amines is 1. The number of amides is 1. The Morgan fingerprint density at radius 2 is 1.74 bits per heavy atom. The number of rotatable bonds is 7. The molecule has 0 atom stereocenters. The number of H-pyrrole nitrogens is 1. The van der Waals surface area contributed by atoms with Crippen molar-refractivity contribution in [1.82, 2.24) is 14.3 Å². The number of fused-ring (bicyclic) bond motifs is 1. The van der Waals surface area contributed by atoms with Crippen LogP contribution in [0, 0.1) is 11.7 Å². The number of ether oxygens (including phenoxy) is 1. The zero-order valence-electron chi connectivity index (χ0n) is 24.7. The Hall–Kier alpha value is -3.62. The maximum atomic E-state index is 15.0. The normalized spacial score (nSPS) is 20.9. The molecule has 2 aromatic heterocycles. The number of nitrogens with zero attached hydrogens (tertiary/aromatic N) is 3. The number of likely N-dealkylation sites (tertiary alicyclic amines) is 2. The van der Waals surface area contributed by atoms with Crippen LogP contribution in [-0.4, -0.2) is 81.8 Å². The Morgan fingerprint density at radius 3 is 2.37 bits per heavy atom. The van der Waals surface area contributed by atoms with E-state index in [4.69, 9.17) is 32.8 Å². The van der Waals surface area contributed by atoms with Crippen LogP contribution in [0.5, 0.6) is 0 Å². The van der Waals surface area contributed by atoms with Gasteiger partial charge in [0.2, 0.25) is 0 Å². The number of benzene rings is 1. The molecule has 0 spiro atoms. The van der Waals surface area contributed by atoms with Crippen LogP contribution >= 0.6 is 23.2 Å². The number of hydroxylamine groups is 3. The molecular weight excluding hydrogens is 659 g/mol. The second-order valence-corrected chi connectivity index (χ2v) is 12.2. The lowest BCUT2D eigenvalue weighted by atomic mass is 9.92.